The number of carbonyl (C=O) groups is 1. The molecule has 1 amide bonds. The van der Waals surface area contributed by atoms with Crippen LogP contribution in [0, 0.1) is 0 Å². The number of nitrogens with zero attached hydrogens (tertiary/aromatic N) is 5. The minimum atomic E-state index is -4.33. The van der Waals surface area contributed by atoms with Crippen molar-refractivity contribution >= 4 is 5.91 Å². The highest BCUT2D eigenvalue weighted by Crippen LogP contribution is 2.24. The summed E-state index contributed by atoms with van der Waals surface area (Å²) in [5.74, 6) is -0.372. The Morgan fingerprint density at radius 2 is 1.92 bits per heavy atom. The SMILES string of the molecule is Cn1nccc1CN1CCN([C@@H]2CCCN(CC(F)(F)F)C2=O)CC1. The Labute approximate surface area is 145 Å². The Bertz CT molecular complexity index is 595. The van der Waals surface area contributed by atoms with Gasteiger partial charge in [0.05, 0.1) is 11.7 Å². The molecule has 0 aromatic carbocycles. The molecule has 1 aromatic heterocycles. The van der Waals surface area contributed by atoms with Crippen molar-refractivity contribution in [2.24, 2.45) is 7.05 Å². The summed E-state index contributed by atoms with van der Waals surface area (Å²) in [5.41, 5.74) is 1.12. The average Bonchev–Trinajstić information content (AvgIpc) is 2.94. The van der Waals surface area contributed by atoms with Gasteiger partial charge in [0.2, 0.25) is 5.91 Å². The number of carbonyl (C=O) groups excluding carboxylic acids is 1. The third kappa shape index (κ3) is 4.52. The van der Waals surface area contributed by atoms with Crippen LogP contribution >= 0.6 is 0 Å². The Balaban J connectivity index is 1.53. The summed E-state index contributed by atoms with van der Waals surface area (Å²) in [4.78, 5) is 17.7. The molecular weight excluding hydrogens is 335 g/mol. The van der Waals surface area contributed by atoms with Crippen molar-refractivity contribution in [1.82, 2.24) is 24.5 Å². The van der Waals surface area contributed by atoms with Gasteiger partial charge in [-0.15, -0.1) is 0 Å². The first-order valence-corrected chi connectivity index (χ1v) is 8.62. The molecule has 2 saturated heterocycles. The van der Waals surface area contributed by atoms with E-state index in [1.165, 1.54) is 0 Å². The quantitative estimate of drug-likeness (QED) is 0.807. The molecule has 2 aliphatic heterocycles. The maximum absolute atomic E-state index is 12.6. The zero-order chi connectivity index (χ0) is 18.0. The van der Waals surface area contributed by atoms with E-state index in [1.807, 2.05) is 22.7 Å². The second-order valence-electron chi connectivity index (χ2n) is 6.79. The molecule has 2 aliphatic rings. The van der Waals surface area contributed by atoms with E-state index in [2.05, 4.69) is 10.00 Å². The van der Waals surface area contributed by atoms with Crippen molar-refractivity contribution in [2.45, 2.75) is 31.6 Å². The molecule has 2 fully saturated rings. The van der Waals surface area contributed by atoms with Gasteiger partial charge in [-0.1, -0.05) is 0 Å². The zero-order valence-electron chi connectivity index (χ0n) is 14.4. The number of amides is 1. The zero-order valence-corrected chi connectivity index (χ0v) is 14.4. The number of hydrogen-bond donors (Lipinski definition) is 0. The lowest BCUT2D eigenvalue weighted by molar-refractivity contribution is -0.168. The van der Waals surface area contributed by atoms with E-state index in [4.69, 9.17) is 0 Å². The lowest BCUT2D eigenvalue weighted by Gasteiger charge is -2.42. The molecule has 1 atom stereocenters. The van der Waals surface area contributed by atoms with Gasteiger partial charge in [-0.05, 0) is 18.9 Å². The Kier molecular flexibility index (Phi) is 5.33. The molecule has 3 rings (SSSR count). The van der Waals surface area contributed by atoms with Gasteiger partial charge >= 0.3 is 6.18 Å². The van der Waals surface area contributed by atoms with Gasteiger partial charge in [-0.2, -0.15) is 18.3 Å². The van der Waals surface area contributed by atoms with Crippen molar-refractivity contribution in [1.29, 1.82) is 0 Å². The second kappa shape index (κ2) is 7.33. The van der Waals surface area contributed by atoms with Gasteiger partial charge in [0, 0.05) is 52.5 Å². The van der Waals surface area contributed by atoms with Gasteiger partial charge in [0.1, 0.15) is 6.54 Å². The lowest BCUT2D eigenvalue weighted by atomic mass is 10.0. The maximum Gasteiger partial charge on any atom is 0.406 e. The Morgan fingerprint density at radius 1 is 1.20 bits per heavy atom. The fourth-order valence-electron chi connectivity index (χ4n) is 3.65. The lowest BCUT2D eigenvalue weighted by Crippen LogP contribution is -2.58. The number of piperidine rings is 1. The predicted octanol–water partition coefficient (Wildman–Crippen LogP) is 1.09. The van der Waals surface area contributed by atoms with E-state index in [0.29, 0.717) is 25.9 Å². The van der Waals surface area contributed by atoms with Crippen molar-refractivity contribution in [3.05, 3.63) is 18.0 Å². The van der Waals surface area contributed by atoms with E-state index in [0.717, 1.165) is 30.2 Å². The molecule has 0 bridgehead atoms. The average molecular weight is 359 g/mol. The van der Waals surface area contributed by atoms with Crippen molar-refractivity contribution in [3.63, 3.8) is 0 Å². The highest BCUT2D eigenvalue weighted by Gasteiger charge is 2.39. The minimum Gasteiger partial charge on any atom is -0.332 e. The monoisotopic (exact) mass is 359 g/mol. The molecule has 3 heterocycles. The topological polar surface area (TPSA) is 44.6 Å². The van der Waals surface area contributed by atoms with Crippen LogP contribution in [-0.4, -0.2) is 81.9 Å². The Morgan fingerprint density at radius 3 is 2.52 bits per heavy atom. The van der Waals surface area contributed by atoms with Crippen LogP contribution in [-0.2, 0) is 18.4 Å². The van der Waals surface area contributed by atoms with E-state index in [9.17, 15) is 18.0 Å². The summed E-state index contributed by atoms with van der Waals surface area (Å²) in [6.45, 7) is 2.87. The fraction of sp³-hybridized carbons (Fsp3) is 0.750. The molecule has 140 valence electrons. The number of aryl methyl sites for hydroxylation is 1. The standard InChI is InChI=1S/C16H24F3N5O/c1-21-13(4-5-20-21)11-22-7-9-23(10-8-22)14-3-2-6-24(15(14)25)12-16(17,18)19/h4-5,14H,2-3,6-12H2,1H3/t14-/m1/s1. The number of piperazine rings is 1. The van der Waals surface area contributed by atoms with Crippen molar-refractivity contribution < 1.29 is 18.0 Å². The van der Waals surface area contributed by atoms with Crippen molar-refractivity contribution in [2.75, 3.05) is 39.3 Å². The smallest absolute Gasteiger partial charge is 0.332 e. The minimum absolute atomic E-state index is 0.204. The molecule has 0 spiro atoms. The molecular formula is C16H24F3N5O. The first-order chi connectivity index (χ1) is 11.8. The number of halogens is 3. The fourth-order valence-corrected chi connectivity index (χ4v) is 3.65. The summed E-state index contributed by atoms with van der Waals surface area (Å²) in [6.07, 6.45) is -1.29. The van der Waals surface area contributed by atoms with Crippen LogP contribution in [0.1, 0.15) is 18.5 Å². The highest BCUT2D eigenvalue weighted by molar-refractivity contribution is 5.82. The predicted molar refractivity (Wildman–Crippen MR) is 85.7 cm³/mol. The van der Waals surface area contributed by atoms with E-state index < -0.39 is 18.8 Å². The number of alkyl halides is 3. The van der Waals surface area contributed by atoms with Gasteiger partial charge in [0.15, 0.2) is 0 Å². The summed E-state index contributed by atoms with van der Waals surface area (Å²) in [5, 5.41) is 4.16. The van der Waals surface area contributed by atoms with Gasteiger partial charge < -0.3 is 4.90 Å². The summed E-state index contributed by atoms with van der Waals surface area (Å²) < 4.78 is 39.7. The molecule has 0 N–H and O–H groups in total. The number of hydrogen-bond acceptors (Lipinski definition) is 4. The van der Waals surface area contributed by atoms with Gasteiger partial charge in [0.25, 0.3) is 0 Å². The van der Waals surface area contributed by atoms with Crippen LogP contribution in [0.15, 0.2) is 12.3 Å². The molecule has 1 aromatic rings. The summed E-state index contributed by atoms with van der Waals surface area (Å²) >= 11 is 0. The van der Waals surface area contributed by atoms with Crippen LogP contribution in [0.25, 0.3) is 0 Å². The van der Waals surface area contributed by atoms with Gasteiger partial charge in [-0.25, -0.2) is 0 Å². The highest BCUT2D eigenvalue weighted by atomic mass is 19.4. The van der Waals surface area contributed by atoms with E-state index >= 15 is 0 Å². The maximum atomic E-state index is 12.6. The largest absolute Gasteiger partial charge is 0.406 e. The van der Waals surface area contributed by atoms with Crippen LogP contribution in [0.2, 0.25) is 0 Å². The Hall–Kier alpha value is -1.61. The third-order valence-electron chi connectivity index (χ3n) is 5.03. The van der Waals surface area contributed by atoms with Crippen LogP contribution < -0.4 is 0 Å². The van der Waals surface area contributed by atoms with Crippen LogP contribution in [0.5, 0.6) is 0 Å². The molecule has 0 saturated carbocycles. The molecule has 0 unspecified atom stereocenters. The second-order valence-corrected chi connectivity index (χ2v) is 6.79. The number of rotatable bonds is 4. The van der Waals surface area contributed by atoms with Gasteiger partial charge in [-0.3, -0.25) is 19.3 Å². The first-order valence-electron chi connectivity index (χ1n) is 8.62. The molecule has 25 heavy (non-hydrogen) atoms. The molecule has 0 radical (unpaired) electrons. The van der Waals surface area contributed by atoms with E-state index in [1.54, 1.807) is 6.20 Å². The van der Waals surface area contributed by atoms with Crippen molar-refractivity contribution in [3.8, 4) is 0 Å². The summed E-state index contributed by atoms with van der Waals surface area (Å²) in [6, 6.07) is 1.57. The number of aromatic nitrogens is 2. The molecule has 0 aliphatic carbocycles. The number of likely N-dealkylation sites (tertiary alicyclic amines) is 1. The third-order valence-corrected chi connectivity index (χ3v) is 5.03. The molecule has 6 nitrogen and oxygen atoms in total. The first kappa shape index (κ1) is 18.2. The van der Waals surface area contributed by atoms with E-state index in [-0.39, 0.29) is 12.5 Å². The summed E-state index contributed by atoms with van der Waals surface area (Å²) in [7, 11) is 1.90. The molecule has 9 heteroatoms. The normalized spacial score (nSPS) is 24.1. The van der Waals surface area contributed by atoms with Crippen LogP contribution in [0.4, 0.5) is 13.2 Å². The van der Waals surface area contributed by atoms with Crippen LogP contribution in [0.3, 0.4) is 0 Å².